The minimum Gasteiger partial charge on any atom is -0.490 e. The number of thioether (sulfide) groups is 1. The average molecular weight is 449 g/mol. The normalized spacial score (nSPS) is 15.2. The molecule has 4 rings (SSSR count). The fourth-order valence-electron chi connectivity index (χ4n) is 3.45. The Bertz CT molecular complexity index is 1250. The molecule has 1 aliphatic rings. The number of nitro groups is 1. The van der Waals surface area contributed by atoms with Crippen molar-refractivity contribution in [3.63, 3.8) is 0 Å². The van der Waals surface area contributed by atoms with Gasteiger partial charge < -0.3 is 4.74 Å². The van der Waals surface area contributed by atoms with E-state index in [0.29, 0.717) is 16.2 Å². The number of hydrogen-bond acceptors (Lipinski definition) is 6. The first-order valence-corrected chi connectivity index (χ1v) is 10.8. The van der Waals surface area contributed by atoms with E-state index in [1.54, 1.807) is 18.2 Å². The summed E-state index contributed by atoms with van der Waals surface area (Å²) >= 11 is 0.875. The van der Waals surface area contributed by atoms with Crippen molar-refractivity contribution >= 4 is 45.4 Å². The molecule has 32 heavy (non-hydrogen) atoms. The summed E-state index contributed by atoms with van der Waals surface area (Å²) in [5, 5.41) is 12.4. The molecule has 1 saturated heterocycles. The van der Waals surface area contributed by atoms with Crippen molar-refractivity contribution in [2.45, 2.75) is 26.5 Å². The second-order valence-corrected chi connectivity index (χ2v) is 8.55. The third-order valence-corrected chi connectivity index (χ3v) is 5.84. The van der Waals surface area contributed by atoms with Crippen LogP contribution >= 0.6 is 11.8 Å². The average Bonchev–Trinajstić information content (AvgIpc) is 3.03. The van der Waals surface area contributed by atoms with Gasteiger partial charge in [0.25, 0.3) is 16.8 Å². The van der Waals surface area contributed by atoms with E-state index in [9.17, 15) is 19.7 Å². The molecule has 3 aromatic carbocycles. The summed E-state index contributed by atoms with van der Waals surface area (Å²) in [6, 6.07) is 17.4. The Hall–Kier alpha value is -3.65. The van der Waals surface area contributed by atoms with Gasteiger partial charge in [0.2, 0.25) is 0 Å². The molecule has 8 heteroatoms. The monoisotopic (exact) mass is 448 g/mol. The number of carbonyl (C=O) groups excluding carboxylic acids is 2. The lowest BCUT2D eigenvalue weighted by Gasteiger charge is -2.15. The predicted octanol–water partition coefficient (Wildman–Crippen LogP) is 5.77. The topological polar surface area (TPSA) is 89.8 Å². The Morgan fingerprint density at radius 1 is 1.06 bits per heavy atom. The first-order chi connectivity index (χ1) is 15.3. The molecule has 162 valence electrons. The van der Waals surface area contributed by atoms with Gasteiger partial charge in [-0.2, -0.15) is 0 Å². The first-order valence-electron chi connectivity index (χ1n) is 10.0. The number of non-ortho nitro benzene ring substituents is 1. The van der Waals surface area contributed by atoms with Crippen molar-refractivity contribution in [1.29, 1.82) is 0 Å². The lowest BCUT2D eigenvalue weighted by Crippen LogP contribution is -2.27. The molecule has 0 saturated carbocycles. The fourth-order valence-corrected chi connectivity index (χ4v) is 4.27. The largest absolute Gasteiger partial charge is 0.490 e. The molecular formula is C24H20N2O5S. The minimum absolute atomic E-state index is 0.0450. The second kappa shape index (κ2) is 8.84. The summed E-state index contributed by atoms with van der Waals surface area (Å²) in [6.07, 6.45) is 1.65. The van der Waals surface area contributed by atoms with Gasteiger partial charge in [0.05, 0.1) is 22.5 Å². The minimum atomic E-state index is -0.492. The highest BCUT2D eigenvalue weighted by atomic mass is 32.2. The third kappa shape index (κ3) is 4.36. The Morgan fingerprint density at radius 2 is 1.78 bits per heavy atom. The van der Waals surface area contributed by atoms with E-state index in [2.05, 4.69) is 0 Å². The number of hydrogen-bond donors (Lipinski definition) is 0. The van der Waals surface area contributed by atoms with Crippen LogP contribution in [0, 0.1) is 10.1 Å². The van der Waals surface area contributed by atoms with Crippen LogP contribution in [0.5, 0.6) is 5.75 Å². The summed E-state index contributed by atoms with van der Waals surface area (Å²) in [6.45, 7) is 3.90. The van der Waals surface area contributed by atoms with Crippen LogP contribution in [0.3, 0.4) is 0 Å². The summed E-state index contributed by atoms with van der Waals surface area (Å²) < 4.78 is 5.96. The molecule has 3 aromatic rings. The van der Waals surface area contributed by atoms with E-state index in [1.165, 1.54) is 12.1 Å². The smallest absolute Gasteiger partial charge is 0.293 e. The van der Waals surface area contributed by atoms with Crippen molar-refractivity contribution in [2.24, 2.45) is 0 Å². The highest BCUT2D eigenvalue weighted by molar-refractivity contribution is 8.18. The molecule has 1 aliphatic heterocycles. The molecule has 7 nitrogen and oxygen atoms in total. The van der Waals surface area contributed by atoms with E-state index in [1.807, 2.05) is 50.2 Å². The number of nitro benzene ring substituents is 1. The van der Waals surface area contributed by atoms with Crippen LogP contribution in [0.4, 0.5) is 10.5 Å². The standard InChI is InChI=1S/C24H20N2O5S/c1-15(2)31-21-12-9-17-5-3-4-6-19(17)20(21)13-22-23(27)25(24(28)32-22)14-16-7-10-18(11-8-16)26(29)30/h3-13,15H,14H2,1-2H3/b22-13+. The summed E-state index contributed by atoms with van der Waals surface area (Å²) in [7, 11) is 0. The van der Waals surface area contributed by atoms with Gasteiger partial charge in [-0.05, 0) is 54.1 Å². The van der Waals surface area contributed by atoms with Gasteiger partial charge in [-0.25, -0.2) is 0 Å². The van der Waals surface area contributed by atoms with Gasteiger partial charge in [-0.15, -0.1) is 0 Å². The Kier molecular flexibility index (Phi) is 5.96. The molecule has 0 spiro atoms. The Labute approximate surface area is 188 Å². The molecule has 0 unspecified atom stereocenters. The van der Waals surface area contributed by atoms with Gasteiger partial charge in [0.15, 0.2) is 0 Å². The van der Waals surface area contributed by atoms with Crippen LogP contribution in [0.25, 0.3) is 16.8 Å². The van der Waals surface area contributed by atoms with E-state index in [4.69, 9.17) is 4.74 Å². The highest BCUT2D eigenvalue weighted by Gasteiger charge is 2.35. The summed E-state index contributed by atoms with van der Waals surface area (Å²) in [5.41, 5.74) is 1.34. The van der Waals surface area contributed by atoms with Crippen molar-refractivity contribution in [3.8, 4) is 5.75 Å². The van der Waals surface area contributed by atoms with Crippen LogP contribution in [-0.2, 0) is 11.3 Å². The number of imide groups is 1. The van der Waals surface area contributed by atoms with Crippen LogP contribution in [0.2, 0.25) is 0 Å². The third-order valence-electron chi connectivity index (χ3n) is 4.93. The predicted molar refractivity (Wildman–Crippen MR) is 124 cm³/mol. The number of nitrogens with zero attached hydrogens (tertiary/aromatic N) is 2. The molecule has 0 radical (unpaired) electrons. The van der Waals surface area contributed by atoms with Crippen molar-refractivity contribution in [3.05, 3.63) is 86.8 Å². The molecule has 0 aromatic heterocycles. The van der Waals surface area contributed by atoms with Crippen molar-refractivity contribution in [2.75, 3.05) is 0 Å². The SMILES string of the molecule is CC(C)Oc1ccc2ccccc2c1/C=C1/SC(=O)N(Cc2ccc([N+](=O)[O-])cc2)C1=O. The maximum Gasteiger partial charge on any atom is 0.293 e. The van der Waals surface area contributed by atoms with Crippen LogP contribution in [-0.4, -0.2) is 27.1 Å². The lowest BCUT2D eigenvalue weighted by atomic mass is 10.0. The van der Waals surface area contributed by atoms with Gasteiger partial charge in [0, 0.05) is 17.7 Å². The molecule has 2 amide bonds. The Morgan fingerprint density at radius 3 is 2.47 bits per heavy atom. The zero-order valence-electron chi connectivity index (χ0n) is 17.5. The molecule has 1 heterocycles. The molecule has 1 fully saturated rings. The first kappa shape index (κ1) is 21.6. The van der Waals surface area contributed by atoms with Gasteiger partial charge in [-0.1, -0.05) is 42.5 Å². The molecule has 0 aliphatic carbocycles. The van der Waals surface area contributed by atoms with E-state index >= 15 is 0 Å². The zero-order chi connectivity index (χ0) is 22.8. The van der Waals surface area contributed by atoms with Crippen LogP contribution in [0.1, 0.15) is 25.0 Å². The number of benzene rings is 3. The number of carbonyl (C=O) groups is 2. The highest BCUT2D eigenvalue weighted by Crippen LogP contribution is 2.37. The fraction of sp³-hybridized carbons (Fsp3) is 0.167. The van der Waals surface area contributed by atoms with E-state index in [0.717, 1.165) is 33.0 Å². The lowest BCUT2D eigenvalue weighted by molar-refractivity contribution is -0.384. The number of amides is 2. The van der Waals surface area contributed by atoms with Gasteiger partial charge in [-0.3, -0.25) is 24.6 Å². The van der Waals surface area contributed by atoms with E-state index < -0.39 is 10.8 Å². The molecule has 0 N–H and O–H groups in total. The second-order valence-electron chi connectivity index (χ2n) is 7.56. The van der Waals surface area contributed by atoms with Crippen LogP contribution < -0.4 is 4.74 Å². The number of fused-ring (bicyclic) bond motifs is 1. The van der Waals surface area contributed by atoms with E-state index in [-0.39, 0.29) is 23.6 Å². The van der Waals surface area contributed by atoms with Crippen molar-refractivity contribution < 1.29 is 19.2 Å². The quantitative estimate of drug-likeness (QED) is 0.270. The van der Waals surface area contributed by atoms with Gasteiger partial charge >= 0.3 is 0 Å². The van der Waals surface area contributed by atoms with Crippen molar-refractivity contribution in [1.82, 2.24) is 4.90 Å². The summed E-state index contributed by atoms with van der Waals surface area (Å²) in [5.74, 6) is 0.239. The number of ether oxygens (including phenoxy) is 1. The zero-order valence-corrected chi connectivity index (χ0v) is 18.3. The summed E-state index contributed by atoms with van der Waals surface area (Å²) in [4.78, 5) is 37.4. The molecular weight excluding hydrogens is 428 g/mol. The van der Waals surface area contributed by atoms with Gasteiger partial charge in [0.1, 0.15) is 5.75 Å². The van der Waals surface area contributed by atoms with Crippen LogP contribution in [0.15, 0.2) is 65.6 Å². The maximum absolute atomic E-state index is 13.0. The molecule has 0 atom stereocenters. The maximum atomic E-state index is 13.0. The molecule has 0 bridgehead atoms. The number of rotatable bonds is 6. The Balaban J connectivity index is 1.67.